The van der Waals surface area contributed by atoms with Gasteiger partial charge in [-0.25, -0.2) is 22.2 Å². The number of benzene rings is 1. The summed E-state index contributed by atoms with van der Waals surface area (Å²) in [6.07, 6.45) is 5.85. The van der Waals surface area contributed by atoms with Crippen molar-refractivity contribution in [2.75, 3.05) is 36.2 Å². The monoisotopic (exact) mass is 582 g/mol. The van der Waals surface area contributed by atoms with E-state index in [1.165, 1.54) is 10.6 Å². The summed E-state index contributed by atoms with van der Waals surface area (Å²) < 4.78 is 60.7. The fourth-order valence-corrected chi connectivity index (χ4v) is 5.66. The average molecular weight is 583 g/mol. The minimum atomic E-state index is -3.80. The van der Waals surface area contributed by atoms with Gasteiger partial charge in [-0.05, 0) is 30.3 Å². The molecule has 3 atom stereocenters. The molecule has 1 aliphatic heterocycles. The Hall–Kier alpha value is -4.19. The number of sulfone groups is 1. The average Bonchev–Trinajstić information content (AvgIpc) is 3.31. The van der Waals surface area contributed by atoms with Gasteiger partial charge in [0.05, 0.1) is 70.6 Å². The number of ether oxygens (including phenoxy) is 1. The molecule has 1 fully saturated rings. The van der Waals surface area contributed by atoms with E-state index in [1.807, 2.05) is 13.0 Å². The lowest BCUT2D eigenvalue weighted by molar-refractivity contribution is -0.00331. The normalized spacial score (nSPS) is 19.3. The van der Waals surface area contributed by atoms with Gasteiger partial charge in [-0.3, -0.25) is 4.98 Å². The Bertz CT molecular complexity index is 1710. The molecule has 0 radical (unpaired) electrons. The molecule has 3 N–H and O–H groups in total. The maximum absolute atomic E-state index is 14.9. The van der Waals surface area contributed by atoms with Crippen LogP contribution in [0.15, 0.2) is 53.8 Å². The van der Waals surface area contributed by atoms with Crippen LogP contribution in [-0.4, -0.2) is 66.1 Å². The van der Waals surface area contributed by atoms with Crippen molar-refractivity contribution in [3.8, 4) is 17.3 Å². The van der Waals surface area contributed by atoms with Crippen LogP contribution >= 0.6 is 0 Å². The first-order chi connectivity index (χ1) is 19.6. The van der Waals surface area contributed by atoms with Crippen LogP contribution in [0.4, 0.5) is 26.1 Å². The number of nitriles is 1. The Kier molecular flexibility index (Phi) is 7.85. The van der Waals surface area contributed by atoms with Crippen molar-refractivity contribution >= 4 is 32.7 Å². The molecule has 0 unspecified atom stereocenters. The summed E-state index contributed by atoms with van der Waals surface area (Å²) in [5.74, 6) is -1.73. The number of anilines is 3. The van der Waals surface area contributed by atoms with Crippen molar-refractivity contribution in [1.29, 1.82) is 5.26 Å². The van der Waals surface area contributed by atoms with Crippen molar-refractivity contribution in [3.63, 3.8) is 0 Å². The first-order valence-electron chi connectivity index (χ1n) is 12.8. The Morgan fingerprint density at radius 2 is 1.95 bits per heavy atom. The predicted octanol–water partition coefficient (Wildman–Crippen LogP) is 3.30. The molecule has 214 valence electrons. The predicted molar refractivity (Wildman–Crippen MR) is 148 cm³/mol. The van der Waals surface area contributed by atoms with Gasteiger partial charge in [-0.1, -0.05) is 6.92 Å². The molecule has 0 saturated carbocycles. The number of halogens is 2. The number of piperidine rings is 1. The Balaban J connectivity index is 1.44. The maximum atomic E-state index is 14.9. The van der Waals surface area contributed by atoms with Crippen LogP contribution in [0.3, 0.4) is 0 Å². The third-order valence-corrected chi connectivity index (χ3v) is 8.01. The molecular formula is C27H28F2N8O3S. The second-order valence-corrected chi connectivity index (χ2v) is 12.0. The molecule has 0 amide bonds. The number of imidazole rings is 1. The van der Waals surface area contributed by atoms with E-state index in [-0.39, 0.29) is 29.7 Å². The molecular weight excluding hydrogens is 554 g/mol. The van der Waals surface area contributed by atoms with Gasteiger partial charge in [0.15, 0.2) is 9.84 Å². The Morgan fingerprint density at radius 3 is 2.63 bits per heavy atom. The van der Waals surface area contributed by atoms with Crippen molar-refractivity contribution in [3.05, 3.63) is 60.6 Å². The summed E-state index contributed by atoms with van der Waals surface area (Å²) >= 11 is 0. The molecule has 0 bridgehead atoms. The number of nitrogens with zero attached hydrogens (tertiary/aromatic N) is 6. The number of fused-ring (bicyclic) bond motifs is 1. The first kappa shape index (κ1) is 28.3. The second-order valence-electron chi connectivity index (χ2n) is 9.98. The zero-order valence-electron chi connectivity index (χ0n) is 22.3. The van der Waals surface area contributed by atoms with Crippen molar-refractivity contribution in [1.82, 2.24) is 19.6 Å². The van der Waals surface area contributed by atoms with Crippen LogP contribution in [0.2, 0.25) is 0 Å². The Morgan fingerprint density at radius 1 is 1.20 bits per heavy atom. The number of hydrogen-bond acceptors (Lipinski definition) is 10. The fourth-order valence-electron chi connectivity index (χ4n) is 5.02. The fraction of sp³-hybridized carbons (Fsp3) is 0.333. The van der Waals surface area contributed by atoms with E-state index in [2.05, 4.69) is 31.4 Å². The number of rotatable bonds is 8. The van der Waals surface area contributed by atoms with E-state index in [0.717, 1.165) is 24.1 Å². The highest BCUT2D eigenvalue weighted by Gasteiger charge is 2.34. The van der Waals surface area contributed by atoms with E-state index in [4.69, 9.17) is 15.7 Å². The third kappa shape index (κ3) is 5.83. The summed E-state index contributed by atoms with van der Waals surface area (Å²) in [7, 11) is -3.80. The van der Waals surface area contributed by atoms with E-state index >= 15 is 0 Å². The molecule has 0 spiro atoms. The molecule has 14 heteroatoms. The highest BCUT2D eigenvalue weighted by Crippen LogP contribution is 2.33. The van der Waals surface area contributed by atoms with Gasteiger partial charge in [0, 0.05) is 37.5 Å². The molecule has 0 aliphatic carbocycles. The van der Waals surface area contributed by atoms with Crippen LogP contribution < -0.4 is 16.0 Å². The van der Waals surface area contributed by atoms with E-state index < -0.39 is 31.9 Å². The molecule has 4 heterocycles. The van der Waals surface area contributed by atoms with E-state index in [0.29, 0.717) is 37.3 Å². The van der Waals surface area contributed by atoms with E-state index in [9.17, 15) is 17.2 Å². The number of nitrogens with one attached hydrogen (secondary N) is 1. The Labute approximate surface area is 235 Å². The quantitative estimate of drug-likeness (QED) is 0.296. The summed E-state index contributed by atoms with van der Waals surface area (Å²) in [5, 5.41) is 16.4. The zero-order valence-corrected chi connectivity index (χ0v) is 23.1. The highest BCUT2D eigenvalue weighted by atomic mass is 32.2. The van der Waals surface area contributed by atoms with Crippen LogP contribution in [0, 0.1) is 28.9 Å². The summed E-state index contributed by atoms with van der Waals surface area (Å²) in [4.78, 5) is 10.3. The highest BCUT2D eigenvalue weighted by molar-refractivity contribution is 7.90. The molecule has 5 rings (SSSR count). The molecule has 1 saturated heterocycles. The summed E-state index contributed by atoms with van der Waals surface area (Å²) in [6, 6.07) is 8.23. The lowest BCUT2D eigenvalue weighted by Crippen LogP contribution is -2.56. The van der Waals surface area contributed by atoms with Gasteiger partial charge in [0.1, 0.15) is 11.6 Å². The van der Waals surface area contributed by atoms with E-state index in [1.54, 1.807) is 24.7 Å². The minimum absolute atomic E-state index is 0.0433. The largest absolute Gasteiger partial charge is 0.375 e. The third-order valence-electron chi connectivity index (χ3n) is 6.92. The molecule has 3 aromatic heterocycles. The zero-order chi connectivity index (χ0) is 29.3. The molecule has 1 aliphatic rings. The van der Waals surface area contributed by atoms with Crippen LogP contribution in [0.1, 0.15) is 13.3 Å². The first-order valence-corrected chi connectivity index (χ1v) is 14.7. The molecule has 4 aromatic rings. The van der Waals surface area contributed by atoms with Gasteiger partial charge < -0.3 is 20.7 Å². The van der Waals surface area contributed by atoms with Crippen molar-refractivity contribution in [2.45, 2.75) is 30.4 Å². The van der Waals surface area contributed by atoms with Crippen molar-refractivity contribution < 1.29 is 21.9 Å². The maximum Gasteiger partial charge on any atom is 0.229 e. The lowest BCUT2D eigenvalue weighted by atomic mass is 9.92. The number of aromatic nitrogens is 4. The molecule has 1 aromatic carbocycles. The van der Waals surface area contributed by atoms with Gasteiger partial charge in [0.2, 0.25) is 5.95 Å². The van der Waals surface area contributed by atoms with Crippen molar-refractivity contribution in [2.24, 2.45) is 11.7 Å². The SMILES string of the molecule is C[C@H]1CN(c2ccncc2Nc2ncc3ccc(-c4c(F)cc(S(C)(=O)=O)cc4F)nn23)C[C@@H](N)[C@H]1OCCC#N. The standard InChI is InChI=1S/C27H28F2N8O3S/c1-16-14-36(15-21(31)26(16)40-9-3-7-30)24-6-8-32-13-23(24)34-27-33-12-17-4-5-22(35-37(17)27)25-19(28)10-18(11-20(25)29)41(2,38)39/h4-6,8,10-13,16,21,26H,3,9,14-15,31H2,1-2H3,(H,33,34)/t16-,21+,26-/m0/s1. The summed E-state index contributed by atoms with van der Waals surface area (Å²) in [5.41, 5.74) is 7.96. The van der Waals surface area contributed by atoms with Crippen LogP contribution in [-0.2, 0) is 14.6 Å². The smallest absolute Gasteiger partial charge is 0.229 e. The minimum Gasteiger partial charge on any atom is -0.375 e. The lowest BCUT2D eigenvalue weighted by Gasteiger charge is -2.42. The van der Waals surface area contributed by atoms with Crippen LogP contribution in [0.25, 0.3) is 16.8 Å². The second kappa shape index (κ2) is 11.4. The topological polar surface area (TPSA) is 152 Å². The van der Waals surface area contributed by atoms with Crippen LogP contribution in [0.5, 0.6) is 0 Å². The summed E-state index contributed by atoms with van der Waals surface area (Å²) in [6.45, 7) is 3.54. The number of pyridine rings is 1. The van der Waals surface area contributed by atoms with Gasteiger partial charge in [-0.2, -0.15) is 14.9 Å². The van der Waals surface area contributed by atoms with Gasteiger partial charge >= 0.3 is 0 Å². The van der Waals surface area contributed by atoms with Gasteiger partial charge in [0.25, 0.3) is 0 Å². The van der Waals surface area contributed by atoms with Gasteiger partial charge in [-0.15, -0.1) is 0 Å². The number of hydrogen-bond donors (Lipinski definition) is 2. The molecule has 11 nitrogen and oxygen atoms in total. The number of nitrogens with two attached hydrogens (primary N) is 1. The molecule has 41 heavy (non-hydrogen) atoms.